The van der Waals surface area contributed by atoms with Gasteiger partial charge in [-0.1, -0.05) is 28.8 Å². The molecule has 1 aliphatic rings. The average Bonchev–Trinajstić information content (AvgIpc) is 2.37. The molecule has 1 unspecified atom stereocenters. The van der Waals surface area contributed by atoms with E-state index in [4.69, 9.17) is 11.8 Å². The van der Waals surface area contributed by atoms with E-state index in [1.54, 1.807) is 6.92 Å². The highest BCUT2D eigenvalue weighted by atomic mass is 35.5. The first-order valence-corrected chi connectivity index (χ1v) is 6.09. The number of amides is 2. The molecule has 0 spiro atoms. The summed E-state index contributed by atoms with van der Waals surface area (Å²) in [6.07, 6.45) is 5.20. The summed E-state index contributed by atoms with van der Waals surface area (Å²) in [5.41, 5.74) is 0. The van der Waals surface area contributed by atoms with Crippen LogP contribution in [0.2, 0.25) is 0 Å². The molecule has 0 aromatic carbocycles. The van der Waals surface area contributed by atoms with Crippen LogP contribution < -0.4 is 0 Å². The van der Waals surface area contributed by atoms with Gasteiger partial charge < -0.3 is 0 Å². The summed E-state index contributed by atoms with van der Waals surface area (Å²) >= 11 is 6.02. The fourth-order valence-electron chi connectivity index (χ4n) is 1.90. The first kappa shape index (κ1) is 13.4. The molecule has 0 radical (unpaired) electrons. The number of hydrogen-bond acceptors (Lipinski definition) is 3. The third-order valence-corrected chi connectivity index (χ3v) is 3.71. The Hall–Kier alpha value is -0.680. The van der Waals surface area contributed by atoms with E-state index in [0.717, 1.165) is 25.7 Å². The fourth-order valence-corrected chi connectivity index (χ4v) is 2.26. The summed E-state index contributed by atoms with van der Waals surface area (Å²) in [4.78, 5) is 22.7. The molecule has 1 rings (SSSR count). The fraction of sp³-hybridized carbons (Fsp3) is 0.900. The molecule has 92 valence electrons. The first-order chi connectivity index (χ1) is 7.55. The molecule has 2 amide bonds. The van der Waals surface area contributed by atoms with Crippen molar-refractivity contribution in [1.82, 2.24) is 4.42 Å². The van der Waals surface area contributed by atoms with Crippen molar-refractivity contribution in [3.05, 3.63) is 4.91 Å². The minimum absolute atomic E-state index is 0.0497. The van der Waals surface area contributed by atoms with Crippen LogP contribution in [0.4, 0.5) is 4.79 Å². The van der Waals surface area contributed by atoms with Gasteiger partial charge in [0.15, 0.2) is 5.29 Å². The van der Waals surface area contributed by atoms with Crippen molar-refractivity contribution in [2.75, 3.05) is 13.6 Å². The maximum absolute atomic E-state index is 12.0. The average molecular weight is 249 g/mol. The van der Waals surface area contributed by atoms with E-state index < -0.39 is 10.6 Å². The van der Waals surface area contributed by atoms with Crippen LogP contribution >= 0.6 is 11.8 Å². The van der Waals surface area contributed by atoms with Gasteiger partial charge in [-0.3, -0.25) is 0 Å². The molecule has 5 nitrogen and oxygen atoms in total. The van der Waals surface area contributed by atoms with E-state index in [9.17, 15) is 9.70 Å². The third kappa shape index (κ3) is 2.71. The Labute approximate surface area is 101 Å². The standard InChI is InChI=1S/C10H19ClN3O2/c1-3-14(2,12-16)10(15)13(11)9-7-5-4-6-8-9/h9H,3-8H2,1-2H3/q+1. The van der Waals surface area contributed by atoms with E-state index in [1.165, 1.54) is 17.9 Å². The largest absolute Gasteiger partial charge is 0.462 e. The molecule has 0 aromatic heterocycles. The Morgan fingerprint density at radius 2 is 2.00 bits per heavy atom. The van der Waals surface area contributed by atoms with Crippen molar-refractivity contribution in [2.45, 2.75) is 45.1 Å². The lowest BCUT2D eigenvalue weighted by atomic mass is 9.96. The van der Waals surface area contributed by atoms with Crippen LogP contribution in [0.3, 0.4) is 0 Å². The number of hydrogen-bond donors (Lipinski definition) is 0. The number of carbonyl (C=O) groups excluding carboxylic acids is 1. The number of quaternary nitrogens is 1. The van der Waals surface area contributed by atoms with Crippen LogP contribution in [-0.4, -0.2) is 34.7 Å². The van der Waals surface area contributed by atoms with Gasteiger partial charge in [-0.05, 0) is 19.8 Å². The quantitative estimate of drug-likeness (QED) is 0.334. The van der Waals surface area contributed by atoms with Crippen molar-refractivity contribution < 1.29 is 9.39 Å². The van der Waals surface area contributed by atoms with Crippen LogP contribution in [0.1, 0.15) is 39.0 Å². The van der Waals surface area contributed by atoms with Crippen LogP contribution in [0.15, 0.2) is 5.29 Å². The normalized spacial score (nSPS) is 21.2. The van der Waals surface area contributed by atoms with Crippen LogP contribution in [-0.2, 0) is 0 Å². The summed E-state index contributed by atoms with van der Waals surface area (Å²) in [5, 5.41) is 2.87. The zero-order chi connectivity index (χ0) is 12.2. The lowest BCUT2D eigenvalue weighted by Crippen LogP contribution is -2.51. The van der Waals surface area contributed by atoms with Crippen molar-refractivity contribution in [3.63, 3.8) is 0 Å². The maximum Gasteiger partial charge on any atom is 0.462 e. The van der Waals surface area contributed by atoms with Crippen molar-refractivity contribution >= 4 is 17.8 Å². The molecule has 0 bridgehead atoms. The number of urea groups is 1. The molecule has 6 heteroatoms. The van der Waals surface area contributed by atoms with Gasteiger partial charge in [0.1, 0.15) is 13.6 Å². The zero-order valence-electron chi connectivity index (χ0n) is 9.86. The predicted molar refractivity (Wildman–Crippen MR) is 62.5 cm³/mol. The van der Waals surface area contributed by atoms with Crippen LogP contribution in [0, 0.1) is 4.91 Å². The minimum Gasteiger partial charge on any atom is -0.203 e. The monoisotopic (exact) mass is 248 g/mol. The lowest BCUT2D eigenvalue weighted by molar-refractivity contribution is -0.839. The van der Waals surface area contributed by atoms with E-state index in [-0.39, 0.29) is 6.04 Å². The molecule has 1 atom stereocenters. The molecular weight excluding hydrogens is 230 g/mol. The molecule has 0 aliphatic heterocycles. The minimum atomic E-state index is -0.528. The van der Waals surface area contributed by atoms with Gasteiger partial charge >= 0.3 is 6.03 Å². The molecule has 0 saturated heterocycles. The number of nitroso groups, excluding NO2 is 1. The summed E-state index contributed by atoms with van der Waals surface area (Å²) < 4.78 is 0.657. The lowest BCUT2D eigenvalue weighted by Gasteiger charge is -2.30. The summed E-state index contributed by atoms with van der Waals surface area (Å²) in [7, 11) is 1.48. The maximum atomic E-state index is 12.0. The van der Waals surface area contributed by atoms with Gasteiger partial charge in [-0.25, -0.2) is 4.79 Å². The highest BCUT2D eigenvalue weighted by molar-refractivity contribution is 6.20. The Morgan fingerprint density at radius 1 is 1.44 bits per heavy atom. The van der Waals surface area contributed by atoms with E-state index >= 15 is 0 Å². The first-order valence-electron chi connectivity index (χ1n) is 5.75. The van der Waals surface area contributed by atoms with Crippen LogP contribution in [0.5, 0.6) is 0 Å². The molecule has 0 aromatic rings. The second-order valence-electron chi connectivity index (χ2n) is 4.42. The predicted octanol–water partition coefficient (Wildman–Crippen LogP) is 3.04. The SMILES string of the molecule is CC[N+](C)(N=O)C(=O)N(Cl)C1CCCCC1. The highest BCUT2D eigenvalue weighted by Crippen LogP contribution is 2.26. The van der Waals surface area contributed by atoms with Crippen molar-refractivity contribution in [1.29, 1.82) is 0 Å². The topological polar surface area (TPSA) is 49.7 Å². The van der Waals surface area contributed by atoms with Gasteiger partial charge in [-0.2, -0.15) is 4.42 Å². The molecule has 0 N–H and O–H groups in total. The molecule has 1 fully saturated rings. The van der Waals surface area contributed by atoms with E-state index in [1.807, 2.05) is 0 Å². The highest BCUT2D eigenvalue weighted by Gasteiger charge is 2.40. The van der Waals surface area contributed by atoms with Gasteiger partial charge in [0.05, 0.1) is 6.04 Å². The molecule has 1 aliphatic carbocycles. The Kier molecular flexibility index (Phi) is 4.68. The second-order valence-corrected chi connectivity index (χ2v) is 4.79. The molecule has 1 saturated carbocycles. The molecule has 0 heterocycles. The molecule has 16 heavy (non-hydrogen) atoms. The zero-order valence-corrected chi connectivity index (χ0v) is 10.6. The van der Waals surface area contributed by atoms with Gasteiger partial charge in [0.2, 0.25) is 0 Å². The van der Waals surface area contributed by atoms with Gasteiger partial charge in [-0.15, -0.1) is 0 Å². The van der Waals surface area contributed by atoms with Crippen molar-refractivity contribution in [2.24, 2.45) is 5.29 Å². The van der Waals surface area contributed by atoms with E-state index in [0.29, 0.717) is 6.54 Å². The number of nitrogens with zero attached hydrogens (tertiary/aromatic N) is 3. The third-order valence-electron chi connectivity index (χ3n) is 3.29. The van der Waals surface area contributed by atoms with Gasteiger partial charge in [0.25, 0.3) is 0 Å². The Morgan fingerprint density at radius 3 is 2.44 bits per heavy atom. The summed E-state index contributed by atoms with van der Waals surface area (Å²) in [6.45, 7) is 2.06. The van der Waals surface area contributed by atoms with Crippen molar-refractivity contribution in [3.8, 4) is 0 Å². The number of rotatable bonds is 3. The Bertz CT molecular complexity index is 269. The summed E-state index contributed by atoms with van der Waals surface area (Å²) in [6, 6.07) is -0.375. The van der Waals surface area contributed by atoms with Gasteiger partial charge in [0, 0.05) is 11.8 Å². The van der Waals surface area contributed by atoms with E-state index in [2.05, 4.69) is 5.29 Å². The Balaban J connectivity index is 2.68. The van der Waals surface area contributed by atoms with Crippen LogP contribution in [0.25, 0.3) is 0 Å². The number of halogens is 1. The summed E-state index contributed by atoms with van der Waals surface area (Å²) in [5.74, 6) is 0. The second kappa shape index (κ2) is 5.59. The smallest absolute Gasteiger partial charge is 0.203 e. The number of carbonyl (C=O) groups is 1. The molecular formula is C10H19ClN3O2+.